The van der Waals surface area contributed by atoms with Crippen molar-refractivity contribution in [2.24, 2.45) is 0 Å². The van der Waals surface area contributed by atoms with Crippen LogP contribution in [-0.4, -0.2) is 27.9 Å². The van der Waals surface area contributed by atoms with Crippen molar-refractivity contribution in [2.75, 3.05) is 4.90 Å². The van der Waals surface area contributed by atoms with Gasteiger partial charge in [0, 0.05) is 12.0 Å². The first-order valence-corrected chi connectivity index (χ1v) is 12.4. The first-order chi connectivity index (χ1) is 17.3. The Kier molecular flexibility index (Phi) is 5.15. The summed E-state index contributed by atoms with van der Waals surface area (Å²) in [5.74, 6) is -1.51. The van der Waals surface area contributed by atoms with Crippen molar-refractivity contribution in [3.05, 3.63) is 94.3 Å². The monoisotopic (exact) mass is 500 g/mol. The highest BCUT2D eigenvalue weighted by Gasteiger charge is 2.48. The molecule has 0 saturated carbocycles. The van der Waals surface area contributed by atoms with Crippen molar-refractivity contribution < 1.29 is 23.8 Å². The van der Waals surface area contributed by atoms with Gasteiger partial charge < -0.3 is 9.84 Å². The number of Topliss-reactive ketones (excluding diaryl/α,β-unsaturated/α-hetero) is 1. The SMILES string of the molecule is Cc1ccc([C@H]2/C(=C(\O)c3ccc4c(c3)C[C@@H](C)O4)C(=O)C(=O)N2c2nc3ccc(F)cc3s2)cc1. The van der Waals surface area contributed by atoms with E-state index in [1.54, 1.807) is 18.2 Å². The maximum Gasteiger partial charge on any atom is 0.301 e. The number of rotatable bonds is 3. The Morgan fingerprint density at radius 1 is 1.11 bits per heavy atom. The molecular weight excluding hydrogens is 479 g/mol. The summed E-state index contributed by atoms with van der Waals surface area (Å²) in [5, 5.41) is 11.7. The van der Waals surface area contributed by atoms with Crippen LogP contribution >= 0.6 is 11.3 Å². The Bertz CT molecular complexity index is 1590. The number of aryl methyl sites for hydroxylation is 1. The molecule has 180 valence electrons. The van der Waals surface area contributed by atoms with Gasteiger partial charge in [0.2, 0.25) is 0 Å². The predicted molar refractivity (Wildman–Crippen MR) is 136 cm³/mol. The first kappa shape index (κ1) is 22.4. The van der Waals surface area contributed by atoms with Gasteiger partial charge in [-0.05, 0) is 61.4 Å². The summed E-state index contributed by atoms with van der Waals surface area (Å²) in [6.45, 7) is 3.91. The minimum Gasteiger partial charge on any atom is -0.507 e. The number of ketones is 1. The van der Waals surface area contributed by atoms with Gasteiger partial charge in [-0.1, -0.05) is 41.2 Å². The minimum atomic E-state index is -0.889. The summed E-state index contributed by atoms with van der Waals surface area (Å²) in [6.07, 6.45) is 0.716. The Hall–Kier alpha value is -4.04. The number of fused-ring (bicyclic) bond motifs is 2. The number of ether oxygens (including phenoxy) is 1. The molecule has 2 aliphatic rings. The molecule has 4 aromatic rings. The molecule has 1 aromatic heterocycles. The zero-order chi connectivity index (χ0) is 25.1. The third-order valence-corrected chi connectivity index (χ3v) is 7.57. The van der Waals surface area contributed by atoms with Crippen molar-refractivity contribution in [3.8, 4) is 5.75 Å². The molecule has 8 heteroatoms. The zero-order valence-electron chi connectivity index (χ0n) is 19.5. The number of benzene rings is 3. The maximum absolute atomic E-state index is 13.8. The minimum absolute atomic E-state index is 0.0128. The lowest BCUT2D eigenvalue weighted by atomic mass is 9.94. The van der Waals surface area contributed by atoms with E-state index in [0.29, 0.717) is 27.8 Å². The van der Waals surface area contributed by atoms with E-state index in [2.05, 4.69) is 4.98 Å². The van der Waals surface area contributed by atoms with Crippen LogP contribution in [0.3, 0.4) is 0 Å². The Morgan fingerprint density at radius 3 is 2.67 bits per heavy atom. The van der Waals surface area contributed by atoms with Gasteiger partial charge in [-0.25, -0.2) is 9.37 Å². The molecule has 1 amide bonds. The molecule has 1 saturated heterocycles. The summed E-state index contributed by atoms with van der Waals surface area (Å²) in [6, 6.07) is 16.0. The number of aliphatic hydroxyl groups is 1. The van der Waals surface area contributed by atoms with E-state index in [-0.39, 0.29) is 22.6 Å². The maximum atomic E-state index is 13.8. The van der Waals surface area contributed by atoms with Crippen LogP contribution in [0.4, 0.5) is 9.52 Å². The molecule has 1 N–H and O–H groups in total. The Balaban J connectivity index is 1.53. The van der Waals surface area contributed by atoms with Crippen molar-refractivity contribution >= 4 is 44.1 Å². The highest BCUT2D eigenvalue weighted by atomic mass is 32.1. The molecule has 3 heterocycles. The van der Waals surface area contributed by atoms with Gasteiger partial charge in [0.15, 0.2) is 5.13 Å². The number of carbonyl (C=O) groups is 2. The number of hydrogen-bond donors (Lipinski definition) is 1. The lowest BCUT2D eigenvalue weighted by molar-refractivity contribution is -0.132. The lowest BCUT2D eigenvalue weighted by Crippen LogP contribution is -2.29. The van der Waals surface area contributed by atoms with Crippen LogP contribution in [0.1, 0.15) is 35.2 Å². The molecular formula is C28H21FN2O4S. The van der Waals surface area contributed by atoms with Crippen LogP contribution in [0.5, 0.6) is 5.75 Å². The van der Waals surface area contributed by atoms with E-state index in [1.165, 1.54) is 23.1 Å². The predicted octanol–water partition coefficient (Wildman–Crippen LogP) is 5.69. The third kappa shape index (κ3) is 3.56. The number of carbonyl (C=O) groups excluding carboxylic acids is 2. The van der Waals surface area contributed by atoms with Gasteiger partial charge in [-0.2, -0.15) is 0 Å². The van der Waals surface area contributed by atoms with Gasteiger partial charge in [-0.15, -0.1) is 0 Å². The topological polar surface area (TPSA) is 79.7 Å². The number of amides is 1. The third-order valence-electron chi connectivity index (χ3n) is 6.55. The van der Waals surface area contributed by atoms with Crippen molar-refractivity contribution in [3.63, 3.8) is 0 Å². The summed E-state index contributed by atoms with van der Waals surface area (Å²) in [7, 11) is 0. The van der Waals surface area contributed by atoms with E-state index >= 15 is 0 Å². The van der Waals surface area contributed by atoms with E-state index in [0.717, 1.165) is 28.2 Å². The van der Waals surface area contributed by atoms with Crippen LogP contribution in [0, 0.1) is 12.7 Å². The molecule has 2 aliphatic heterocycles. The molecule has 2 atom stereocenters. The van der Waals surface area contributed by atoms with Crippen molar-refractivity contribution in [1.29, 1.82) is 0 Å². The summed E-state index contributed by atoms with van der Waals surface area (Å²) >= 11 is 1.12. The second-order valence-corrected chi connectivity index (χ2v) is 10.2. The van der Waals surface area contributed by atoms with Gasteiger partial charge in [0.25, 0.3) is 5.78 Å². The number of aliphatic hydroxyl groups excluding tert-OH is 1. The second kappa shape index (κ2) is 8.27. The summed E-state index contributed by atoms with van der Waals surface area (Å²) in [4.78, 5) is 32.6. The smallest absolute Gasteiger partial charge is 0.301 e. The van der Waals surface area contributed by atoms with E-state index in [9.17, 15) is 19.1 Å². The van der Waals surface area contributed by atoms with Gasteiger partial charge in [0.05, 0.1) is 21.8 Å². The first-order valence-electron chi connectivity index (χ1n) is 11.5. The van der Waals surface area contributed by atoms with E-state index in [1.807, 2.05) is 38.1 Å². The molecule has 0 unspecified atom stereocenters. The fraction of sp³-hybridized carbons (Fsp3) is 0.179. The fourth-order valence-corrected chi connectivity index (χ4v) is 5.83. The normalized spacial score (nSPS) is 20.7. The Labute approximate surface area is 210 Å². The molecule has 6 rings (SSSR count). The number of nitrogens with zero attached hydrogens (tertiary/aromatic N) is 2. The number of thiazole rings is 1. The van der Waals surface area contributed by atoms with Crippen molar-refractivity contribution in [2.45, 2.75) is 32.4 Å². The highest BCUT2D eigenvalue weighted by molar-refractivity contribution is 7.22. The van der Waals surface area contributed by atoms with Crippen LogP contribution in [-0.2, 0) is 16.0 Å². The summed E-state index contributed by atoms with van der Waals surface area (Å²) < 4.78 is 20.1. The number of aromatic nitrogens is 1. The number of hydrogen-bond acceptors (Lipinski definition) is 6. The van der Waals surface area contributed by atoms with E-state index < -0.39 is 23.5 Å². The largest absolute Gasteiger partial charge is 0.507 e. The molecule has 0 radical (unpaired) electrons. The highest BCUT2D eigenvalue weighted by Crippen LogP contribution is 2.45. The number of halogens is 1. The second-order valence-electron chi connectivity index (χ2n) is 9.14. The average Bonchev–Trinajstić information content (AvgIpc) is 3.51. The molecule has 6 nitrogen and oxygen atoms in total. The molecule has 0 bridgehead atoms. The average molecular weight is 501 g/mol. The zero-order valence-corrected chi connectivity index (χ0v) is 20.3. The quantitative estimate of drug-likeness (QED) is 0.222. The van der Waals surface area contributed by atoms with Crippen LogP contribution in [0.2, 0.25) is 0 Å². The van der Waals surface area contributed by atoms with Crippen molar-refractivity contribution in [1.82, 2.24) is 4.98 Å². The standard InChI is InChI=1S/C28H21FN2O4S/c1-14-3-5-16(6-4-14)24-23(25(32)17-7-10-21-18(12-17)11-15(2)35-21)26(33)27(34)31(24)28-30-20-9-8-19(29)13-22(20)36-28/h3-10,12-13,15,24,32H,11H2,1-2H3/b25-23+/t15-,24+/m1/s1. The molecule has 3 aromatic carbocycles. The number of anilines is 1. The van der Waals surface area contributed by atoms with Gasteiger partial charge in [-0.3, -0.25) is 14.5 Å². The molecule has 0 spiro atoms. The van der Waals surface area contributed by atoms with Crippen LogP contribution in [0.25, 0.3) is 16.0 Å². The van der Waals surface area contributed by atoms with Gasteiger partial charge in [0.1, 0.15) is 23.4 Å². The lowest BCUT2D eigenvalue weighted by Gasteiger charge is -2.23. The van der Waals surface area contributed by atoms with Crippen LogP contribution < -0.4 is 9.64 Å². The molecule has 36 heavy (non-hydrogen) atoms. The van der Waals surface area contributed by atoms with Crippen LogP contribution in [0.15, 0.2) is 66.2 Å². The Morgan fingerprint density at radius 2 is 1.89 bits per heavy atom. The molecule has 0 aliphatic carbocycles. The van der Waals surface area contributed by atoms with Gasteiger partial charge >= 0.3 is 5.91 Å². The molecule has 1 fully saturated rings. The van der Waals surface area contributed by atoms with E-state index in [4.69, 9.17) is 4.74 Å². The fourth-order valence-electron chi connectivity index (χ4n) is 4.81. The summed E-state index contributed by atoms with van der Waals surface area (Å²) in [5.41, 5.74) is 3.55.